The molecule has 0 saturated heterocycles. The summed E-state index contributed by atoms with van der Waals surface area (Å²) in [5, 5.41) is 6.79. The van der Waals surface area contributed by atoms with E-state index in [0.717, 1.165) is 24.3 Å². The van der Waals surface area contributed by atoms with E-state index in [1.807, 2.05) is 48.5 Å². The number of carbonyl (C=O) groups is 1. The van der Waals surface area contributed by atoms with Crippen molar-refractivity contribution in [2.75, 3.05) is 11.9 Å². The summed E-state index contributed by atoms with van der Waals surface area (Å²) in [5.74, 6) is -0.178. The van der Waals surface area contributed by atoms with E-state index in [4.69, 9.17) is 4.74 Å². The molecule has 3 rings (SSSR count). The lowest BCUT2D eigenvalue weighted by atomic mass is 10.1. The Morgan fingerprint density at radius 2 is 1.86 bits per heavy atom. The van der Waals surface area contributed by atoms with Crippen molar-refractivity contribution in [2.45, 2.75) is 25.6 Å². The van der Waals surface area contributed by atoms with E-state index in [9.17, 15) is 4.79 Å². The molecule has 1 atom stereocenters. The van der Waals surface area contributed by atoms with Gasteiger partial charge in [-0.25, -0.2) is 0 Å². The second-order valence-corrected chi connectivity index (χ2v) is 5.48. The highest BCUT2D eigenvalue weighted by atomic mass is 16.5. The number of anilines is 1. The molecule has 0 fully saturated rings. The second kappa shape index (κ2) is 7.09. The molecule has 2 aromatic carbocycles. The number of benzene rings is 2. The number of carbonyl (C=O) groups excluding carboxylic acids is 1. The summed E-state index contributed by atoms with van der Waals surface area (Å²) in [6.07, 6.45) is 0.355. The molecule has 4 nitrogen and oxygen atoms in total. The Hall–Kier alpha value is -2.33. The number of esters is 1. The Morgan fingerprint density at radius 1 is 1.09 bits per heavy atom. The Balaban J connectivity index is 1.53. The third-order valence-electron chi connectivity index (χ3n) is 3.74. The summed E-state index contributed by atoms with van der Waals surface area (Å²) in [5.41, 5.74) is 3.32. The Kier molecular flexibility index (Phi) is 4.71. The number of para-hydroxylation sites is 1. The monoisotopic (exact) mass is 296 g/mol. The highest BCUT2D eigenvalue weighted by molar-refractivity contribution is 5.71. The molecular formula is C18H20N2O2. The van der Waals surface area contributed by atoms with E-state index in [1.54, 1.807) is 0 Å². The molecule has 0 aromatic heterocycles. The zero-order chi connectivity index (χ0) is 15.2. The zero-order valence-electron chi connectivity index (χ0n) is 12.4. The highest BCUT2D eigenvalue weighted by Crippen LogP contribution is 2.19. The first-order valence-electron chi connectivity index (χ1n) is 7.56. The summed E-state index contributed by atoms with van der Waals surface area (Å²) in [4.78, 5) is 12.0. The van der Waals surface area contributed by atoms with Crippen LogP contribution in [-0.4, -0.2) is 18.6 Å². The fourth-order valence-corrected chi connectivity index (χ4v) is 2.59. The van der Waals surface area contributed by atoms with Crippen LogP contribution >= 0.6 is 0 Å². The SMILES string of the molecule is O=C(CC1CNCc2ccccc2N1)OCc1ccccc1. The minimum atomic E-state index is -0.178. The van der Waals surface area contributed by atoms with E-state index in [1.165, 1.54) is 5.56 Å². The number of nitrogens with one attached hydrogen (secondary N) is 2. The molecule has 2 N–H and O–H groups in total. The molecule has 1 unspecified atom stereocenters. The van der Waals surface area contributed by atoms with Gasteiger partial charge in [0.15, 0.2) is 0 Å². The summed E-state index contributed by atoms with van der Waals surface area (Å²) >= 11 is 0. The third-order valence-corrected chi connectivity index (χ3v) is 3.74. The van der Waals surface area contributed by atoms with Crippen LogP contribution < -0.4 is 10.6 Å². The summed E-state index contributed by atoms with van der Waals surface area (Å²) in [6.45, 7) is 1.89. The number of fused-ring (bicyclic) bond motifs is 1. The minimum absolute atomic E-state index is 0.0481. The van der Waals surface area contributed by atoms with Crippen molar-refractivity contribution in [1.29, 1.82) is 0 Å². The van der Waals surface area contributed by atoms with Gasteiger partial charge >= 0.3 is 5.97 Å². The van der Waals surface area contributed by atoms with Crippen molar-refractivity contribution in [3.63, 3.8) is 0 Å². The maximum atomic E-state index is 12.0. The van der Waals surface area contributed by atoms with Crippen molar-refractivity contribution in [3.8, 4) is 0 Å². The summed E-state index contributed by atoms with van der Waals surface area (Å²) < 4.78 is 5.35. The average Bonchev–Trinajstić information content (AvgIpc) is 2.75. The van der Waals surface area contributed by atoms with E-state index >= 15 is 0 Å². The molecule has 114 valence electrons. The number of hydrogen-bond donors (Lipinski definition) is 2. The van der Waals surface area contributed by atoms with Crippen molar-refractivity contribution in [2.24, 2.45) is 0 Å². The molecule has 0 aliphatic carbocycles. The maximum absolute atomic E-state index is 12.0. The highest BCUT2D eigenvalue weighted by Gasteiger charge is 2.18. The van der Waals surface area contributed by atoms with Crippen LogP contribution in [0.5, 0.6) is 0 Å². The maximum Gasteiger partial charge on any atom is 0.308 e. The van der Waals surface area contributed by atoms with E-state index in [-0.39, 0.29) is 12.0 Å². The van der Waals surface area contributed by atoms with Gasteiger partial charge in [-0.05, 0) is 17.2 Å². The van der Waals surface area contributed by atoms with Crippen molar-refractivity contribution < 1.29 is 9.53 Å². The molecular weight excluding hydrogens is 276 g/mol. The van der Waals surface area contributed by atoms with Gasteiger partial charge in [-0.2, -0.15) is 0 Å². The molecule has 1 heterocycles. The summed E-state index contributed by atoms with van der Waals surface area (Å²) in [6, 6.07) is 17.9. The van der Waals surface area contributed by atoms with Gasteiger partial charge in [0.05, 0.1) is 6.42 Å². The third kappa shape index (κ3) is 3.86. The zero-order valence-corrected chi connectivity index (χ0v) is 12.4. The number of ether oxygens (including phenoxy) is 1. The quantitative estimate of drug-likeness (QED) is 0.852. The second-order valence-electron chi connectivity index (χ2n) is 5.48. The largest absolute Gasteiger partial charge is 0.461 e. The first-order chi connectivity index (χ1) is 10.8. The van der Waals surface area contributed by atoms with E-state index in [2.05, 4.69) is 16.7 Å². The predicted molar refractivity (Wildman–Crippen MR) is 86.4 cm³/mol. The van der Waals surface area contributed by atoms with Crippen LogP contribution in [0.4, 0.5) is 5.69 Å². The van der Waals surface area contributed by atoms with Gasteiger partial charge in [-0.15, -0.1) is 0 Å². The first-order valence-corrected chi connectivity index (χ1v) is 7.56. The molecule has 1 aliphatic heterocycles. The Morgan fingerprint density at radius 3 is 2.73 bits per heavy atom. The number of hydrogen-bond acceptors (Lipinski definition) is 4. The molecule has 0 bridgehead atoms. The Labute approximate surface area is 130 Å². The van der Waals surface area contributed by atoms with Crippen LogP contribution in [0.3, 0.4) is 0 Å². The van der Waals surface area contributed by atoms with E-state index in [0.29, 0.717) is 13.0 Å². The fourth-order valence-electron chi connectivity index (χ4n) is 2.59. The van der Waals surface area contributed by atoms with Crippen LogP contribution in [0.2, 0.25) is 0 Å². The van der Waals surface area contributed by atoms with Crippen molar-refractivity contribution in [1.82, 2.24) is 5.32 Å². The predicted octanol–water partition coefficient (Wildman–Crippen LogP) is 2.70. The van der Waals surface area contributed by atoms with Gasteiger partial charge in [-0.3, -0.25) is 4.79 Å². The van der Waals surface area contributed by atoms with Crippen LogP contribution in [0.15, 0.2) is 54.6 Å². The molecule has 4 heteroatoms. The molecule has 0 amide bonds. The molecule has 22 heavy (non-hydrogen) atoms. The molecule has 0 radical (unpaired) electrons. The normalized spacial score (nSPS) is 17.0. The molecule has 1 aliphatic rings. The van der Waals surface area contributed by atoms with Gasteiger partial charge in [0.25, 0.3) is 0 Å². The minimum Gasteiger partial charge on any atom is -0.461 e. The van der Waals surface area contributed by atoms with Gasteiger partial charge in [-0.1, -0.05) is 48.5 Å². The standard InChI is InChI=1S/C18H20N2O2/c21-18(22-13-14-6-2-1-3-7-14)10-16-12-19-11-15-8-4-5-9-17(15)20-16/h1-9,16,19-20H,10-13H2. The van der Waals surface area contributed by atoms with Crippen LogP contribution in [0.1, 0.15) is 17.5 Å². The van der Waals surface area contributed by atoms with Gasteiger partial charge < -0.3 is 15.4 Å². The van der Waals surface area contributed by atoms with Gasteiger partial charge in [0.2, 0.25) is 0 Å². The van der Waals surface area contributed by atoms with Crippen LogP contribution in [0.25, 0.3) is 0 Å². The van der Waals surface area contributed by atoms with Gasteiger partial charge in [0, 0.05) is 24.8 Å². The van der Waals surface area contributed by atoms with Crippen molar-refractivity contribution >= 4 is 11.7 Å². The molecule has 0 spiro atoms. The first kappa shape index (κ1) is 14.6. The topological polar surface area (TPSA) is 50.4 Å². The summed E-state index contributed by atoms with van der Waals surface area (Å²) in [7, 11) is 0. The van der Waals surface area contributed by atoms with Crippen molar-refractivity contribution in [3.05, 3.63) is 65.7 Å². The lowest BCUT2D eigenvalue weighted by Gasteiger charge is -2.17. The number of rotatable bonds is 4. The Bertz CT molecular complexity index is 628. The van der Waals surface area contributed by atoms with Crippen LogP contribution in [0, 0.1) is 0 Å². The average molecular weight is 296 g/mol. The van der Waals surface area contributed by atoms with Gasteiger partial charge in [0.1, 0.15) is 6.61 Å². The molecule has 0 saturated carbocycles. The molecule has 2 aromatic rings. The lowest BCUT2D eigenvalue weighted by Crippen LogP contribution is -2.32. The lowest BCUT2D eigenvalue weighted by molar-refractivity contribution is -0.145. The fraction of sp³-hybridized carbons (Fsp3) is 0.278. The van der Waals surface area contributed by atoms with E-state index < -0.39 is 0 Å². The van der Waals surface area contributed by atoms with Crippen LogP contribution in [-0.2, 0) is 22.7 Å². The smallest absolute Gasteiger partial charge is 0.308 e.